The van der Waals surface area contributed by atoms with Gasteiger partial charge in [-0.25, -0.2) is 14.1 Å². The molecule has 3 amide bonds. The first-order valence-electron chi connectivity index (χ1n) is 8.64. The lowest BCUT2D eigenvalue weighted by atomic mass is 10.1. The molecule has 7 heteroatoms. The molecule has 1 saturated heterocycles. The first-order valence-corrected chi connectivity index (χ1v) is 8.64. The summed E-state index contributed by atoms with van der Waals surface area (Å²) >= 11 is 0. The Kier molecular flexibility index (Phi) is 5.71. The summed E-state index contributed by atoms with van der Waals surface area (Å²) in [4.78, 5) is 27.8. The zero-order valence-corrected chi connectivity index (χ0v) is 15.3. The Morgan fingerprint density at radius 1 is 1.15 bits per heavy atom. The second-order valence-electron chi connectivity index (χ2n) is 6.58. The molecule has 1 aliphatic rings. The van der Waals surface area contributed by atoms with Crippen LogP contribution in [0.5, 0.6) is 5.75 Å². The van der Waals surface area contributed by atoms with Gasteiger partial charge in [-0.15, -0.1) is 0 Å². The van der Waals surface area contributed by atoms with Crippen LogP contribution in [0.25, 0.3) is 0 Å². The van der Waals surface area contributed by atoms with Crippen LogP contribution in [0.4, 0.5) is 9.18 Å². The number of nitrogens with zero attached hydrogens (tertiary/aromatic N) is 2. The maximum absolute atomic E-state index is 13.8. The van der Waals surface area contributed by atoms with E-state index in [0.717, 1.165) is 11.1 Å². The number of nitrogens with one attached hydrogen (secondary N) is 1. The average Bonchev–Trinajstić information content (AvgIpc) is 2.90. The summed E-state index contributed by atoms with van der Waals surface area (Å²) in [5, 5.41) is 2.73. The number of urea groups is 1. The largest absolute Gasteiger partial charge is 0.494 e. The highest BCUT2D eigenvalue weighted by Crippen LogP contribution is 2.19. The lowest BCUT2D eigenvalue weighted by molar-refractivity contribution is -0.128. The van der Waals surface area contributed by atoms with Crippen molar-refractivity contribution in [2.75, 3.05) is 20.8 Å². The minimum absolute atomic E-state index is 0.129. The third-order valence-electron chi connectivity index (χ3n) is 4.44. The quantitative estimate of drug-likeness (QED) is 0.759. The van der Waals surface area contributed by atoms with Crippen LogP contribution in [-0.4, -0.2) is 48.6 Å². The smallest absolute Gasteiger partial charge is 0.325 e. The van der Waals surface area contributed by atoms with Gasteiger partial charge < -0.3 is 10.1 Å². The first kappa shape index (κ1) is 18.8. The molecule has 1 aliphatic heterocycles. The number of benzene rings is 2. The van der Waals surface area contributed by atoms with Crippen LogP contribution in [0.1, 0.15) is 11.1 Å². The van der Waals surface area contributed by atoms with E-state index in [1.807, 2.05) is 30.3 Å². The molecule has 1 fully saturated rings. The van der Waals surface area contributed by atoms with E-state index in [2.05, 4.69) is 5.32 Å². The number of rotatable bonds is 7. The van der Waals surface area contributed by atoms with Crippen molar-refractivity contribution in [1.82, 2.24) is 15.1 Å². The highest BCUT2D eigenvalue weighted by atomic mass is 19.1. The SMILES string of the molecule is COc1ccc(CN(C)CN2C(=O)N[C@@H](Cc3ccccc3)C2=O)cc1F. The molecule has 0 radical (unpaired) electrons. The lowest BCUT2D eigenvalue weighted by Crippen LogP contribution is -2.40. The highest BCUT2D eigenvalue weighted by molar-refractivity contribution is 6.04. The fourth-order valence-electron chi connectivity index (χ4n) is 3.11. The number of amides is 3. The molecular formula is C20H22FN3O3. The van der Waals surface area contributed by atoms with E-state index in [1.54, 1.807) is 24.1 Å². The number of carbonyl (C=O) groups excluding carboxylic acids is 2. The maximum atomic E-state index is 13.8. The summed E-state index contributed by atoms with van der Waals surface area (Å²) in [6.45, 7) is 0.519. The summed E-state index contributed by atoms with van der Waals surface area (Å²) in [6.07, 6.45) is 0.454. The standard InChI is InChI=1S/C20H22FN3O3/c1-23(12-15-8-9-18(27-2)16(21)10-15)13-24-19(25)17(22-20(24)26)11-14-6-4-3-5-7-14/h3-10,17H,11-13H2,1-2H3,(H,22,26)/t17-/m0/s1. The van der Waals surface area contributed by atoms with Crippen molar-refractivity contribution in [3.63, 3.8) is 0 Å². The Bertz CT molecular complexity index is 828. The molecule has 1 heterocycles. The molecule has 0 bridgehead atoms. The van der Waals surface area contributed by atoms with Gasteiger partial charge in [0, 0.05) is 13.0 Å². The van der Waals surface area contributed by atoms with E-state index >= 15 is 0 Å². The average molecular weight is 371 g/mol. The first-order chi connectivity index (χ1) is 13.0. The molecule has 0 unspecified atom stereocenters. The summed E-state index contributed by atoms with van der Waals surface area (Å²) in [6, 6.07) is 13.3. The van der Waals surface area contributed by atoms with Crippen molar-refractivity contribution in [3.05, 3.63) is 65.5 Å². The summed E-state index contributed by atoms with van der Waals surface area (Å²) in [5.41, 5.74) is 1.71. The summed E-state index contributed by atoms with van der Waals surface area (Å²) in [5.74, 6) is -0.516. The van der Waals surface area contributed by atoms with Crippen LogP contribution in [0.3, 0.4) is 0 Å². The molecule has 0 aliphatic carbocycles. The topological polar surface area (TPSA) is 61.9 Å². The zero-order chi connectivity index (χ0) is 19.4. The third kappa shape index (κ3) is 4.43. The van der Waals surface area contributed by atoms with Crippen molar-refractivity contribution in [1.29, 1.82) is 0 Å². The molecule has 0 aromatic heterocycles. The van der Waals surface area contributed by atoms with Gasteiger partial charge in [-0.3, -0.25) is 9.69 Å². The van der Waals surface area contributed by atoms with Crippen LogP contribution in [0, 0.1) is 5.82 Å². The van der Waals surface area contributed by atoms with E-state index < -0.39 is 17.9 Å². The summed E-state index contributed by atoms with van der Waals surface area (Å²) in [7, 11) is 3.18. The van der Waals surface area contributed by atoms with Gasteiger partial charge >= 0.3 is 6.03 Å². The van der Waals surface area contributed by atoms with Crippen LogP contribution in [0.2, 0.25) is 0 Å². The van der Waals surface area contributed by atoms with Crippen molar-refractivity contribution in [2.45, 2.75) is 19.0 Å². The van der Waals surface area contributed by atoms with Gasteiger partial charge in [0.1, 0.15) is 6.04 Å². The molecular weight excluding hydrogens is 349 g/mol. The normalized spacial score (nSPS) is 16.7. The minimum Gasteiger partial charge on any atom is -0.494 e. The molecule has 1 atom stereocenters. The highest BCUT2D eigenvalue weighted by Gasteiger charge is 2.38. The summed E-state index contributed by atoms with van der Waals surface area (Å²) < 4.78 is 18.7. The van der Waals surface area contributed by atoms with Crippen molar-refractivity contribution >= 4 is 11.9 Å². The number of hydrogen-bond acceptors (Lipinski definition) is 4. The van der Waals surface area contributed by atoms with Gasteiger partial charge in [-0.05, 0) is 30.3 Å². The monoisotopic (exact) mass is 371 g/mol. The van der Waals surface area contributed by atoms with E-state index in [-0.39, 0.29) is 18.3 Å². The predicted molar refractivity (Wildman–Crippen MR) is 98.6 cm³/mol. The Morgan fingerprint density at radius 3 is 2.56 bits per heavy atom. The molecule has 0 spiro atoms. The van der Waals surface area contributed by atoms with Crippen molar-refractivity contribution in [2.24, 2.45) is 0 Å². The Morgan fingerprint density at radius 2 is 1.89 bits per heavy atom. The second kappa shape index (κ2) is 8.18. The maximum Gasteiger partial charge on any atom is 0.325 e. The van der Waals surface area contributed by atoms with Crippen molar-refractivity contribution < 1.29 is 18.7 Å². The number of halogens is 1. The van der Waals surface area contributed by atoms with E-state index in [4.69, 9.17) is 4.74 Å². The predicted octanol–water partition coefficient (Wildman–Crippen LogP) is 2.39. The Hall–Kier alpha value is -2.93. The number of carbonyl (C=O) groups is 2. The van der Waals surface area contributed by atoms with E-state index in [1.165, 1.54) is 18.1 Å². The minimum atomic E-state index is -0.563. The Balaban J connectivity index is 1.60. The van der Waals surface area contributed by atoms with Gasteiger partial charge in [0.15, 0.2) is 11.6 Å². The van der Waals surface area contributed by atoms with Crippen LogP contribution < -0.4 is 10.1 Å². The third-order valence-corrected chi connectivity index (χ3v) is 4.44. The fraction of sp³-hybridized carbons (Fsp3) is 0.300. The molecule has 2 aromatic carbocycles. The van der Waals surface area contributed by atoms with Gasteiger partial charge in [0.25, 0.3) is 5.91 Å². The van der Waals surface area contributed by atoms with E-state index in [9.17, 15) is 14.0 Å². The molecule has 142 valence electrons. The van der Waals surface area contributed by atoms with E-state index in [0.29, 0.717) is 13.0 Å². The fourth-order valence-corrected chi connectivity index (χ4v) is 3.11. The zero-order valence-electron chi connectivity index (χ0n) is 15.3. The van der Waals surface area contributed by atoms with Gasteiger partial charge in [0.05, 0.1) is 13.8 Å². The number of ether oxygens (including phenoxy) is 1. The number of methoxy groups -OCH3 is 1. The number of hydrogen-bond donors (Lipinski definition) is 1. The van der Waals surface area contributed by atoms with Gasteiger partial charge in [-0.1, -0.05) is 36.4 Å². The molecule has 6 nitrogen and oxygen atoms in total. The van der Waals surface area contributed by atoms with Crippen LogP contribution in [-0.2, 0) is 17.8 Å². The van der Waals surface area contributed by atoms with Crippen molar-refractivity contribution in [3.8, 4) is 5.75 Å². The Labute approximate surface area is 157 Å². The lowest BCUT2D eigenvalue weighted by Gasteiger charge is -2.22. The van der Waals surface area contributed by atoms with Gasteiger partial charge in [0.2, 0.25) is 0 Å². The number of imide groups is 1. The molecule has 27 heavy (non-hydrogen) atoms. The molecule has 2 aromatic rings. The molecule has 0 saturated carbocycles. The van der Waals surface area contributed by atoms with Crippen LogP contribution in [0.15, 0.2) is 48.5 Å². The van der Waals surface area contributed by atoms with Gasteiger partial charge in [-0.2, -0.15) is 0 Å². The second-order valence-corrected chi connectivity index (χ2v) is 6.58. The molecule has 3 rings (SSSR count). The molecule has 1 N–H and O–H groups in total. The van der Waals surface area contributed by atoms with Crippen LogP contribution >= 0.6 is 0 Å².